The lowest BCUT2D eigenvalue weighted by molar-refractivity contribution is 0.0600. The number of fused-ring (bicyclic) bond motifs is 1. The van der Waals surface area contributed by atoms with Gasteiger partial charge >= 0.3 is 5.97 Å². The van der Waals surface area contributed by atoms with Crippen molar-refractivity contribution in [1.29, 1.82) is 0 Å². The first-order valence-corrected chi connectivity index (χ1v) is 9.16. The summed E-state index contributed by atoms with van der Waals surface area (Å²) in [6.45, 7) is 2.17. The standard InChI is InChI=1S/C19H20N2O4S/c1-10-3-8-13-14(9-10)26-18(15(13)16(20)22)21-17(23)11-4-6-12(7-5-11)19(24)25-2/h4-7,10H,3,8-9H2,1-2H3,(H2,20,22)(H,21,23). The molecular weight excluding hydrogens is 352 g/mol. The third-order valence-electron chi connectivity index (χ3n) is 4.55. The number of benzene rings is 1. The van der Waals surface area contributed by atoms with E-state index in [4.69, 9.17) is 5.73 Å². The molecule has 0 aliphatic heterocycles. The molecule has 1 aromatic heterocycles. The maximum absolute atomic E-state index is 12.5. The Hall–Kier alpha value is -2.67. The zero-order valence-corrected chi connectivity index (χ0v) is 15.4. The van der Waals surface area contributed by atoms with E-state index in [9.17, 15) is 14.4 Å². The molecule has 0 spiro atoms. The van der Waals surface area contributed by atoms with Crippen LogP contribution in [0.1, 0.15) is 54.9 Å². The van der Waals surface area contributed by atoms with Crippen LogP contribution in [-0.2, 0) is 17.6 Å². The van der Waals surface area contributed by atoms with Gasteiger partial charge in [-0.1, -0.05) is 6.92 Å². The fourth-order valence-electron chi connectivity index (χ4n) is 3.15. The Morgan fingerprint density at radius 2 is 1.85 bits per heavy atom. The summed E-state index contributed by atoms with van der Waals surface area (Å²) in [5.74, 6) is -0.784. The number of carbonyl (C=O) groups is 3. The maximum atomic E-state index is 12.5. The van der Waals surface area contributed by atoms with Gasteiger partial charge in [0.1, 0.15) is 5.00 Å². The lowest BCUT2D eigenvalue weighted by Gasteiger charge is -2.18. The molecule has 1 heterocycles. The number of anilines is 1. The van der Waals surface area contributed by atoms with Crippen molar-refractivity contribution in [3.63, 3.8) is 0 Å². The highest BCUT2D eigenvalue weighted by Gasteiger charge is 2.27. The van der Waals surface area contributed by atoms with Crippen LogP contribution in [-0.4, -0.2) is 24.9 Å². The van der Waals surface area contributed by atoms with Gasteiger partial charge in [-0.15, -0.1) is 11.3 Å². The molecule has 6 nitrogen and oxygen atoms in total. The largest absolute Gasteiger partial charge is 0.465 e. The van der Waals surface area contributed by atoms with Crippen LogP contribution in [0.2, 0.25) is 0 Å². The van der Waals surface area contributed by atoms with E-state index in [0.29, 0.717) is 27.6 Å². The van der Waals surface area contributed by atoms with Gasteiger partial charge in [0.05, 0.1) is 18.2 Å². The molecule has 3 rings (SSSR count). The minimum Gasteiger partial charge on any atom is -0.465 e. The molecule has 1 atom stereocenters. The van der Waals surface area contributed by atoms with E-state index in [0.717, 1.165) is 29.7 Å². The minimum absolute atomic E-state index is 0.351. The van der Waals surface area contributed by atoms with Crippen molar-refractivity contribution in [2.45, 2.75) is 26.2 Å². The van der Waals surface area contributed by atoms with Crippen LogP contribution in [0.15, 0.2) is 24.3 Å². The van der Waals surface area contributed by atoms with Crippen molar-refractivity contribution >= 4 is 34.1 Å². The van der Waals surface area contributed by atoms with Crippen LogP contribution in [0.5, 0.6) is 0 Å². The van der Waals surface area contributed by atoms with Crippen molar-refractivity contribution < 1.29 is 19.1 Å². The third-order valence-corrected chi connectivity index (χ3v) is 5.72. The Labute approximate surface area is 155 Å². The molecule has 3 N–H and O–H groups in total. The summed E-state index contributed by atoms with van der Waals surface area (Å²) in [7, 11) is 1.30. The third kappa shape index (κ3) is 3.48. The van der Waals surface area contributed by atoms with E-state index in [2.05, 4.69) is 17.0 Å². The predicted octanol–water partition coefficient (Wildman–Crippen LogP) is 3.01. The summed E-state index contributed by atoms with van der Waals surface area (Å²) in [6.07, 6.45) is 2.70. The number of carbonyl (C=O) groups excluding carboxylic acids is 3. The Morgan fingerprint density at radius 1 is 1.19 bits per heavy atom. The quantitative estimate of drug-likeness (QED) is 0.806. The molecular formula is C19H20N2O4S. The van der Waals surface area contributed by atoms with Crippen molar-refractivity contribution in [1.82, 2.24) is 0 Å². The number of nitrogens with two attached hydrogens (primary N) is 1. The smallest absolute Gasteiger partial charge is 0.337 e. The highest BCUT2D eigenvalue weighted by Crippen LogP contribution is 2.39. The van der Waals surface area contributed by atoms with Gasteiger partial charge in [0, 0.05) is 10.4 Å². The molecule has 1 unspecified atom stereocenters. The Kier molecular flexibility index (Phi) is 5.08. The van der Waals surface area contributed by atoms with Crippen LogP contribution in [0.3, 0.4) is 0 Å². The van der Waals surface area contributed by atoms with E-state index in [1.165, 1.54) is 30.6 Å². The fraction of sp³-hybridized carbons (Fsp3) is 0.316. The summed E-state index contributed by atoms with van der Waals surface area (Å²) >= 11 is 1.42. The summed E-state index contributed by atoms with van der Waals surface area (Å²) in [6, 6.07) is 6.13. The number of esters is 1. The van der Waals surface area contributed by atoms with Gasteiger partial charge in [0.15, 0.2) is 0 Å². The number of ether oxygens (including phenoxy) is 1. The zero-order chi connectivity index (χ0) is 18.8. The van der Waals surface area contributed by atoms with Gasteiger partial charge < -0.3 is 15.8 Å². The molecule has 1 aliphatic rings. The first-order chi connectivity index (χ1) is 12.4. The summed E-state index contributed by atoms with van der Waals surface area (Å²) < 4.78 is 4.64. The molecule has 0 saturated heterocycles. The van der Waals surface area contributed by atoms with Gasteiger partial charge in [-0.05, 0) is 55.0 Å². The SMILES string of the molecule is COC(=O)c1ccc(C(=O)Nc2sc3c(c2C(N)=O)CCC(C)C3)cc1. The number of nitrogens with one attached hydrogen (secondary N) is 1. The van der Waals surface area contributed by atoms with Gasteiger partial charge in [-0.25, -0.2) is 4.79 Å². The highest BCUT2D eigenvalue weighted by atomic mass is 32.1. The summed E-state index contributed by atoms with van der Waals surface area (Å²) in [5.41, 5.74) is 7.71. The second-order valence-electron chi connectivity index (χ2n) is 6.44. The molecule has 0 bridgehead atoms. The van der Waals surface area contributed by atoms with Crippen molar-refractivity contribution in [3.8, 4) is 0 Å². The zero-order valence-electron chi connectivity index (χ0n) is 14.6. The number of methoxy groups -OCH3 is 1. The fourth-order valence-corrected chi connectivity index (χ4v) is 4.56. The topological polar surface area (TPSA) is 98.5 Å². The van der Waals surface area contributed by atoms with Crippen LogP contribution >= 0.6 is 11.3 Å². The van der Waals surface area contributed by atoms with E-state index >= 15 is 0 Å². The molecule has 136 valence electrons. The van der Waals surface area contributed by atoms with Crippen molar-refractivity contribution in [3.05, 3.63) is 51.4 Å². The van der Waals surface area contributed by atoms with Crippen LogP contribution in [0, 0.1) is 5.92 Å². The van der Waals surface area contributed by atoms with Gasteiger partial charge in [-0.2, -0.15) is 0 Å². The number of amides is 2. The van der Waals surface area contributed by atoms with E-state index in [-0.39, 0.29) is 5.91 Å². The number of hydrogen-bond acceptors (Lipinski definition) is 5. The lowest BCUT2D eigenvalue weighted by Crippen LogP contribution is -2.19. The molecule has 0 fully saturated rings. The van der Waals surface area contributed by atoms with Gasteiger partial charge in [0.25, 0.3) is 11.8 Å². The number of rotatable bonds is 4. The van der Waals surface area contributed by atoms with Gasteiger partial charge in [0.2, 0.25) is 0 Å². The minimum atomic E-state index is -0.520. The molecule has 2 amide bonds. The summed E-state index contributed by atoms with van der Waals surface area (Å²) in [5, 5.41) is 3.30. The molecule has 2 aromatic rings. The van der Waals surface area contributed by atoms with E-state index in [1.807, 2.05) is 0 Å². The lowest BCUT2D eigenvalue weighted by atomic mass is 9.88. The Bertz CT molecular complexity index is 870. The first-order valence-electron chi connectivity index (χ1n) is 8.34. The second kappa shape index (κ2) is 7.29. The molecule has 1 aromatic carbocycles. The van der Waals surface area contributed by atoms with Crippen LogP contribution in [0.25, 0.3) is 0 Å². The molecule has 7 heteroatoms. The highest BCUT2D eigenvalue weighted by molar-refractivity contribution is 7.17. The van der Waals surface area contributed by atoms with E-state index < -0.39 is 11.9 Å². The first kappa shape index (κ1) is 18.1. The Balaban J connectivity index is 1.85. The number of thiophene rings is 1. The average molecular weight is 372 g/mol. The molecule has 0 radical (unpaired) electrons. The monoisotopic (exact) mass is 372 g/mol. The predicted molar refractivity (Wildman–Crippen MR) is 99.8 cm³/mol. The average Bonchev–Trinajstić information content (AvgIpc) is 2.98. The number of primary amides is 1. The molecule has 0 saturated carbocycles. The van der Waals surface area contributed by atoms with Gasteiger partial charge in [-0.3, -0.25) is 9.59 Å². The summed E-state index contributed by atoms with van der Waals surface area (Å²) in [4.78, 5) is 37.1. The molecule has 26 heavy (non-hydrogen) atoms. The normalized spacial score (nSPS) is 15.8. The van der Waals surface area contributed by atoms with Crippen LogP contribution in [0.4, 0.5) is 5.00 Å². The van der Waals surface area contributed by atoms with Crippen molar-refractivity contribution in [2.75, 3.05) is 12.4 Å². The number of hydrogen-bond donors (Lipinski definition) is 2. The second-order valence-corrected chi connectivity index (χ2v) is 7.55. The molecule has 1 aliphatic carbocycles. The van der Waals surface area contributed by atoms with E-state index in [1.54, 1.807) is 12.1 Å². The van der Waals surface area contributed by atoms with Crippen molar-refractivity contribution in [2.24, 2.45) is 11.7 Å². The maximum Gasteiger partial charge on any atom is 0.337 e. The van der Waals surface area contributed by atoms with Crippen LogP contribution < -0.4 is 11.1 Å². The Morgan fingerprint density at radius 3 is 2.46 bits per heavy atom.